The summed E-state index contributed by atoms with van der Waals surface area (Å²) in [6, 6.07) is 58.6. The maximum atomic E-state index is 13.0. The van der Waals surface area contributed by atoms with Crippen LogP contribution < -0.4 is 9.46 Å². The van der Waals surface area contributed by atoms with Crippen LogP contribution in [0.2, 0.25) is 10.0 Å². The quantitative estimate of drug-likeness (QED) is 0.0468. The number of nitrogens with zero attached hydrogens (tertiary/aromatic N) is 3. The van der Waals surface area contributed by atoms with E-state index in [9.17, 15) is 53.4 Å². The zero-order valence-electron chi connectivity index (χ0n) is 49.4. The Morgan fingerprint density at radius 2 is 0.968 bits per heavy atom. The van der Waals surface area contributed by atoms with Gasteiger partial charge in [0.25, 0.3) is 0 Å². The van der Waals surface area contributed by atoms with Crippen LogP contribution in [0.1, 0.15) is 70.0 Å². The molecule has 0 aliphatic heterocycles. The molecule has 3 aromatic heterocycles. The molecule has 5 N–H and O–H groups in total. The third-order valence-corrected chi connectivity index (χ3v) is 15.9. The lowest BCUT2D eigenvalue weighted by atomic mass is 9.96. The van der Waals surface area contributed by atoms with Gasteiger partial charge in [-0.2, -0.15) is 43.5 Å². The highest BCUT2D eigenvalue weighted by Gasteiger charge is 2.58. The van der Waals surface area contributed by atoms with E-state index >= 15 is 0 Å². The number of fused-ring (bicyclic) bond motifs is 3. The van der Waals surface area contributed by atoms with Gasteiger partial charge in [0.1, 0.15) is 23.2 Å². The molecule has 12 nitrogen and oxygen atoms in total. The van der Waals surface area contributed by atoms with Crippen molar-refractivity contribution in [3.05, 3.63) is 256 Å². The monoisotopic (exact) mass is 1340 g/mol. The predicted octanol–water partition coefficient (Wildman–Crippen LogP) is 19.6. The molecule has 9 aromatic carbocycles. The second kappa shape index (κ2) is 28.4. The van der Waals surface area contributed by atoms with Crippen molar-refractivity contribution in [2.24, 2.45) is 0 Å². The number of halogens is 10. The SMILES string of the molecule is CC(=O)c1ccccc1-c1ccc2nc(/C=C/c3cccc(Cl)c3)[nH]c2c1.CC(O)c1ccccc1-c1ccc2nc(/C=C/c3cccc(Cl)c3)[nH]c2c1.O=S(=O)(Nc1ccccc1-c1ccc2nc(/C=C/c3ccc(OCC(F)(F)C(F)(F)F)cc3)[nH]c2c1)C(F)(F)F. The number of aliphatic hydroxyl groups is 1. The molecule has 23 heteroatoms. The largest absolute Gasteiger partial charge is 0.516 e. The Balaban J connectivity index is 0.000000158. The number of nitrogens with one attached hydrogen (secondary N) is 4. The summed E-state index contributed by atoms with van der Waals surface area (Å²) < 4.78 is 131. The summed E-state index contributed by atoms with van der Waals surface area (Å²) in [4.78, 5) is 35.2. The van der Waals surface area contributed by atoms with Gasteiger partial charge in [0, 0.05) is 21.2 Å². The predicted molar refractivity (Wildman–Crippen MR) is 356 cm³/mol. The number of imidazole rings is 3. The molecule has 1 atom stereocenters. The molecule has 3 heterocycles. The number of Topliss-reactive ketones (excluding diaryl/α,β-unsaturated/α-hetero) is 1. The number of aromatic nitrogens is 6. The number of hydrogen-bond acceptors (Lipinski definition) is 8. The Hall–Kier alpha value is -10.2. The van der Waals surface area contributed by atoms with E-state index in [0.717, 1.165) is 78.2 Å². The third-order valence-electron chi connectivity index (χ3n) is 14.3. The van der Waals surface area contributed by atoms with Crippen molar-refractivity contribution in [1.29, 1.82) is 0 Å². The summed E-state index contributed by atoms with van der Waals surface area (Å²) in [5.74, 6) is -3.21. The number of aliphatic hydroxyl groups excluding tert-OH is 1. The minimum Gasteiger partial charge on any atom is -0.487 e. The Morgan fingerprint density at radius 1 is 0.532 bits per heavy atom. The van der Waals surface area contributed by atoms with Crippen LogP contribution >= 0.6 is 23.2 Å². The van der Waals surface area contributed by atoms with Crippen LogP contribution in [0.4, 0.5) is 40.8 Å². The first kappa shape index (κ1) is 66.7. The van der Waals surface area contributed by atoms with E-state index in [-0.39, 0.29) is 22.8 Å². The number of aromatic amines is 3. The van der Waals surface area contributed by atoms with Gasteiger partial charge in [-0.05, 0) is 161 Å². The molecule has 0 saturated heterocycles. The Labute approximate surface area is 543 Å². The van der Waals surface area contributed by atoms with Crippen LogP contribution in [0.15, 0.2) is 200 Å². The number of anilines is 1. The van der Waals surface area contributed by atoms with E-state index in [1.54, 1.807) is 48.9 Å². The Kier molecular flexibility index (Phi) is 20.1. The number of alkyl halides is 8. The number of para-hydroxylation sites is 1. The van der Waals surface area contributed by atoms with Crippen molar-refractivity contribution in [2.45, 2.75) is 37.6 Å². The number of carbonyl (C=O) groups excluding carboxylic acids is 1. The fourth-order valence-corrected chi connectivity index (χ4v) is 10.7. The van der Waals surface area contributed by atoms with Crippen LogP contribution in [0.3, 0.4) is 0 Å². The van der Waals surface area contributed by atoms with Crippen molar-refractivity contribution in [1.82, 2.24) is 29.9 Å². The molecule has 0 bridgehead atoms. The van der Waals surface area contributed by atoms with Gasteiger partial charge in [0.2, 0.25) is 0 Å². The standard InChI is InChI=1S/C25H17F8N3O3S.C23H19ClN2O.C23H17ClN2O/c26-23(27,24(28,29)30)14-39-17-9-5-15(6-10-17)7-12-22-34-20-11-8-16(13-21(20)35-22)18-3-1-2-4-19(18)36-40(37,38)25(31,32)33;2*1-15(27)19-7-2-3-8-20(19)17-10-11-21-22(14-17)26-23(25-21)12-9-16-5-4-6-18(24)13-16/h1-13,36H,14H2,(H,34,35);2-15,27H,1H3,(H,25,26);2-14H,1H3,(H,25,26)/b12-7+;2*12-9+. The molecule has 12 rings (SSSR count). The molecule has 0 saturated carbocycles. The average molecular weight is 1340 g/mol. The van der Waals surface area contributed by atoms with E-state index in [1.165, 1.54) is 48.5 Å². The number of H-pyrrole nitrogens is 3. The van der Waals surface area contributed by atoms with Gasteiger partial charge in [0.15, 0.2) is 12.4 Å². The highest BCUT2D eigenvalue weighted by Crippen LogP contribution is 2.37. The first-order valence-corrected chi connectivity index (χ1v) is 30.8. The van der Waals surface area contributed by atoms with Gasteiger partial charge in [-0.3, -0.25) is 9.52 Å². The molecular weight excluding hydrogens is 1290 g/mol. The van der Waals surface area contributed by atoms with Crippen LogP contribution in [0.5, 0.6) is 5.75 Å². The Morgan fingerprint density at radius 3 is 1.44 bits per heavy atom. The summed E-state index contributed by atoms with van der Waals surface area (Å²) in [5.41, 5.74) is 7.68. The summed E-state index contributed by atoms with van der Waals surface area (Å²) >= 11 is 12.0. The molecule has 0 radical (unpaired) electrons. The van der Waals surface area contributed by atoms with Gasteiger partial charge in [-0.15, -0.1) is 0 Å². The molecule has 94 heavy (non-hydrogen) atoms. The van der Waals surface area contributed by atoms with E-state index < -0.39 is 40.3 Å². The number of ketones is 1. The van der Waals surface area contributed by atoms with Gasteiger partial charge < -0.3 is 24.8 Å². The number of rotatable bonds is 16. The van der Waals surface area contributed by atoms with Crippen molar-refractivity contribution in [2.75, 3.05) is 11.3 Å². The van der Waals surface area contributed by atoms with E-state index in [4.69, 9.17) is 23.2 Å². The number of sulfonamides is 1. The van der Waals surface area contributed by atoms with Crippen molar-refractivity contribution in [3.8, 4) is 39.1 Å². The molecule has 0 amide bonds. The molecule has 0 aliphatic carbocycles. The number of benzene rings is 9. The topological polar surface area (TPSA) is 179 Å². The summed E-state index contributed by atoms with van der Waals surface area (Å²) in [7, 11) is -5.64. The molecule has 478 valence electrons. The molecule has 12 aromatic rings. The lowest BCUT2D eigenvalue weighted by Gasteiger charge is -2.19. The fraction of sp³-hybridized carbons (Fsp3) is 0.0986. The van der Waals surface area contributed by atoms with Crippen molar-refractivity contribution in [3.63, 3.8) is 0 Å². The van der Waals surface area contributed by atoms with E-state index in [0.29, 0.717) is 38.0 Å². The van der Waals surface area contributed by atoms with Crippen molar-refractivity contribution < 1.29 is 58.2 Å². The van der Waals surface area contributed by atoms with Crippen LogP contribution in [-0.4, -0.2) is 73.4 Å². The lowest BCUT2D eigenvalue weighted by molar-refractivity contribution is -0.290. The number of carbonyl (C=O) groups is 1. The normalized spacial score (nSPS) is 12.5. The van der Waals surface area contributed by atoms with Crippen LogP contribution in [0, 0.1) is 0 Å². The van der Waals surface area contributed by atoms with Crippen LogP contribution in [-0.2, 0) is 10.0 Å². The zero-order valence-corrected chi connectivity index (χ0v) is 51.7. The molecule has 0 spiro atoms. The highest BCUT2D eigenvalue weighted by molar-refractivity contribution is 7.93. The van der Waals surface area contributed by atoms with Crippen LogP contribution in [0.25, 0.3) is 103 Å². The highest BCUT2D eigenvalue weighted by atomic mass is 35.5. The summed E-state index contributed by atoms with van der Waals surface area (Å²) in [6.45, 7) is 1.52. The van der Waals surface area contributed by atoms with Gasteiger partial charge in [0.05, 0.1) is 44.9 Å². The molecule has 0 fully saturated rings. The fourth-order valence-electron chi connectivity index (χ4n) is 9.70. The first-order valence-electron chi connectivity index (χ1n) is 28.5. The van der Waals surface area contributed by atoms with Gasteiger partial charge in [-0.1, -0.05) is 163 Å². The summed E-state index contributed by atoms with van der Waals surface area (Å²) in [6.07, 6.45) is 4.70. The van der Waals surface area contributed by atoms with E-state index in [1.807, 2.05) is 152 Å². The average Bonchev–Trinajstić information content (AvgIpc) is 1.48. The smallest absolute Gasteiger partial charge is 0.487 e. The minimum atomic E-state index is -5.73. The number of hydrogen-bond donors (Lipinski definition) is 5. The first-order chi connectivity index (χ1) is 44.8. The van der Waals surface area contributed by atoms with E-state index in [2.05, 4.69) is 40.7 Å². The molecular formula is C71H53Cl2F8N7O5S. The lowest BCUT2D eigenvalue weighted by Crippen LogP contribution is -2.41. The second-order valence-electron chi connectivity index (χ2n) is 21.2. The minimum absolute atomic E-state index is 0.0560. The molecule has 0 aliphatic rings. The number of ether oxygens (including phenoxy) is 1. The zero-order chi connectivity index (χ0) is 67.0. The van der Waals surface area contributed by atoms with Gasteiger partial charge >= 0.3 is 27.6 Å². The van der Waals surface area contributed by atoms with Crippen molar-refractivity contribution >= 4 is 114 Å². The molecule has 1 unspecified atom stereocenters. The second-order valence-corrected chi connectivity index (χ2v) is 23.7. The van der Waals surface area contributed by atoms with Gasteiger partial charge in [-0.25, -0.2) is 15.0 Å². The maximum Gasteiger partial charge on any atom is 0.516 e. The maximum absolute atomic E-state index is 13.0. The summed E-state index contributed by atoms with van der Waals surface area (Å²) in [5, 5.41) is 11.5. The Bertz CT molecular complexity index is 4930. The third kappa shape index (κ3) is 16.5.